The van der Waals surface area contributed by atoms with Gasteiger partial charge in [-0.1, -0.05) is 97.6 Å². The van der Waals surface area contributed by atoms with E-state index in [0.717, 1.165) is 34.1 Å². The molecule has 1 fully saturated rings. The Labute approximate surface area is 191 Å². The second-order valence-corrected chi connectivity index (χ2v) is 9.40. The van der Waals surface area contributed by atoms with Crippen molar-refractivity contribution >= 4 is 0 Å². The van der Waals surface area contributed by atoms with Crippen molar-refractivity contribution in [1.29, 1.82) is 0 Å². The monoisotopic (exact) mass is 426 g/mol. The highest BCUT2D eigenvalue weighted by Crippen LogP contribution is 2.31. The van der Waals surface area contributed by atoms with Gasteiger partial charge in [0.2, 0.25) is 0 Å². The molecule has 0 amide bonds. The number of hydrogen-bond acceptors (Lipinski definition) is 2. The zero-order valence-corrected chi connectivity index (χ0v) is 20.9. The SMILES string of the molecule is CC1CCCCC1.CCCCC(C)CC.Cc1ccc(O)cc1-c1cc(O)ccc1C. The molecule has 0 aliphatic heterocycles. The van der Waals surface area contributed by atoms with Gasteiger partial charge >= 0.3 is 0 Å². The Morgan fingerprint density at radius 3 is 1.68 bits per heavy atom. The molecule has 3 rings (SSSR count). The Morgan fingerprint density at radius 2 is 1.32 bits per heavy atom. The lowest BCUT2D eigenvalue weighted by Gasteiger charge is -2.15. The molecule has 0 saturated heterocycles. The number of aryl methyl sites for hydroxylation is 2. The molecule has 2 N–H and O–H groups in total. The fourth-order valence-electron chi connectivity index (χ4n) is 3.86. The van der Waals surface area contributed by atoms with Gasteiger partial charge in [-0.15, -0.1) is 0 Å². The third-order valence-corrected chi connectivity index (χ3v) is 6.37. The first-order valence-electron chi connectivity index (χ1n) is 12.4. The van der Waals surface area contributed by atoms with E-state index in [1.807, 2.05) is 26.0 Å². The summed E-state index contributed by atoms with van der Waals surface area (Å²) < 4.78 is 0. The van der Waals surface area contributed by atoms with Gasteiger partial charge < -0.3 is 10.2 Å². The zero-order valence-electron chi connectivity index (χ0n) is 20.9. The molecule has 1 saturated carbocycles. The molecule has 0 bridgehead atoms. The molecule has 0 aromatic heterocycles. The van der Waals surface area contributed by atoms with Gasteiger partial charge in [0, 0.05) is 0 Å². The molecule has 2 aromatic rings. The van der Waals surface area contributed by atoms with Gasteiger partial charge in [-0.25, -0.2) is 0 Å². The van der Waals surface area contributed by atoms with Crippen molar-refractivity contribution in [2.45, 2.75) is 99.3 Å². The average Bonchev–Trinajstić information content (AvgIpc) is 2.77. The van der Waals surface area contributed by atoms with Crippen LogP contribution in [0.4, 0.5) is 0 Å². The van der Waals surface area contributed by atoms with Gasteiger partial charge in [-0.2, -0.15) is 0 Å². The predicted molar refractivity (Wildman–Crippen MR) is 136 cm³/mol. The van der Waals surface area contributed by atoms with Gasteiger partial charge in [0.1, 0.15) is 11.5 Å². The maximum atomic E-state index is 9.50. The molecule has 174 valence electrons. The minimum Gasteiger partial charge on any atom is -0.508 e. The minimum absolute atomic E-state index is 0.239. The molecule has 1 aliphatic carbocycles. The molecule has 1 aliphatic rings. The maximum absolute atomic E-state index is 9.50. The summed E-state index contributed by atoms with van der Waals surface area (Å²) in [4.78, 5) is 0. The summed E-state index contributed by atoms with van der Waals surface area (Å²) in [5.74, 6) is 2.47. The summed E-state index contributed by atoms with van der Waals surface area (Å²) in [5, 5.41) is 19.0. The van der Waals surface area contributed by atoms with Crippen LogP contribution < -0.4 is 0 Å². The fourth-order valence-corrected chi connectivity index (χ4v) is 3.86. The lowest BCUT2D eigenvalue weighted by molar-refractivity contribution is 0.385. The summed E-state index contributed by atoms with van der Waals surface area (Å²) >= 11 is 0. The second kappa shape index (κ2) is 14.9. The van der Waals surface area contributed by atoms with Crippen LogP contribution in [0, 0.1) is 25.7 Å². The molecular formula is C29H46O2. The molecule has 0 radical (unpaired) electrons. The van der Waals surface area contributed by atoms with E-state index >= 15 is 0 Å². The molecule has 31 heavy (non-hydrogen) atoms. The number of hydrogen-bond donors (Lipinski definition) is 2. The Bertz CT molecular complexity index is 695. The minimum atomic E-state index is 0.239. The van der Waals surface area contributed by atoms with Gasteiger partial charge in [0.05, 0.1) is 0 Å². The van der Waals surface area contributed by atoms with E-state index in [4.69, 9.17) is 0 Å². The predicted octanol–water partition coefficient (Wildman–Crippen LogP) is 9.19. The van der Waals surface area contributed by atoms with Crippen molar-refractivity contribution in [3.05, 3.63) is 47.5 Å². The van der Waals surface area contributed by atoms with Crippen LogP contribution in [-0.4, -0.2) is 10.2 Å². The highest BCUT2D eigenvalue weighted by Gasteiger charge is 2.07. The van der Waals surface area contributed by atoms with Crippen molar-refractivity contribution in [2.75, 3.05) is 0 Å². The molecule has 2 nitrogen and oxygen atoms in total. The Hall–Kier alpha value is -1.96. The van der Waals surface area contributed by atoms with Crippen molar-refractivity contribution in [1.82, 2.24) is 0 Å². The molecule has 2 heteroatoms. The van der Waals surface area contributed by atoms with E-state index in [1.165, 1.54) is 57.8 Å². The van der Waals surface area contributed by atoms with Gasteiger partial charge in [-0.3, -0.25) is 0 Å². The Morgan fingerprint density at radius 1 is 0.839 bits per heavy atom. The average molecular weight is 427 g/mol. The first kappa shape index (κ1) is 27.1. The molecule has 0 heterocycles. The van der Waals surface area contributed by atoms with E-state index in [9.17, 15) is 10.2 Å². The largest absolute Gasteiger partial charge is 0.508 e. The van der Waals surface area contributed by atoms with Crippen LogP contribution in [0.5, 0.6) is 11.5 Å². The van der Waals surface area contributed by atoms with Crippen molar-refractivity contribution < 1.29 is 10.2 Å². The van der Waals surface area contributed by atoms with E-state index in [2.05, 4.69) is 27.7 Å². The van der Waals surface area contributed by atoms with Crippen molar-refractivity contribution in [3.63, 3.8) is 0 Å². The Balaban J connectivity index is 0.000000268. The third-order valence-electron chi connectivity index (χ3n) is 6.37. The van der Waals surface area contributed by atoms with Crippen LogP contribution in [-0.2, 0) is 0 Å². The quantitative estimate of drug-likeness (QED) is 0.500. The molecule has 1 atom stereocenters. The lowest BCUT2D eigenvalue weighted by atomic mass is 9.91. The smallest absolute Gasteiger partial charge is 0.116 e. The number of rotatable bonds is 5. The van der Waals surface area contributed by atoms with Crippen LogP contribution in [0.2, 0.25) is 0 Å². The van der Waals surface area contributed by atoms with Crippen LogP contribution in [0.1, 0.15) is 96.6 Å². The number of aromatic hydroxyl groups is 2. The summed E-state index contributed by atoms with van der Waals surface area (Å²) in [6.45, 7) is 13.2. The topological polar surface area (TPSA) is 40.5 Å². The van der Waals surface area contributed by atoms with Crippen LogP contribution >= 0.6 is 0 Å². The van der Waals surface area contributed by atoms with E-state index < -0.39 is 0 Å². The van der Waals surface area contributed by atoms with Crippen molar-refractivity contribution in [2.24, 2.45) is 11.8 Å². The van der Waals surface area contributed by atoms with Gasteiger partial charge in [0.25, 0.3) is 0 Å². The summed E-state index contributed by atoms with van der Waals surface area (Å²) in [6.07, 6.45) is 13.0. The standard InChI is InChI=1S/C14H14O2.C8H18.C7H14/c1-9-3-5-11(15)7-13(9)14-8-12(16)6-4-10(14)2;1-4-6-7-8(3)5-2;1-7-5-3-2-4-6-7/h3-8,15-16H,1-2H3;8H,4-7H2,1-3H3;7H,2-6H2,1H3. The lowest BCUT2D eigenvalue weighted by Crippen LogP contribution is -1.99. The number of benzene rings is 2. The normalized spacial score (nSPS) is 14.6. The summed E-state index contributed by atoms with van der Waals surface area (Å²) in [5.41, 5.74) is 4.06. The molecule has 2 aromatic carbocycles. The Kier molecular flexibility index (Phi) is 13.1. The molecular weight excluding hydrogens is 380 g/mol. The van der Waals surface area contributed by atoms with Gasteiger partial charge in [-0.05, 0) is 72.2 Å². The number of unbranched alkanes of at least 4 members (excludes halogenated alkanes) is 1. The van der Waals surface area contributed by atoms with Gasteiger partial charge in [0.15, 0.2) is 0 Å². The second-order valence-electron chi connectivity index (χ2n) is 9.40. The van der Waals surface area contributed by atoms with Crippen molar-refractivity contribution in [3.8, 4) is 22.6 Å². The number of phenolic OH excluding ortho intramolecular Hbond substituents is 2. The first-order valence-corrected chi connectivity index (χ1v) is 12.4. The highest BCUT2D eigenvalue weighted by molar-refractivity contribution is 5.72. The molecule has 1 unspecified atom stereocenters. The summed E-state index contributed by atoms with van der Waals surface area (Å²) in [7, 11) is 0. The zero-order chi connectivity index (χ0) is 23.2. The summed E-state index contributed by atoms with van der Waals surface area (Å²) in [6, 6.07) is 10.5. The van der Waals surface area contributed by atoms with Crippen LogP contribution in [0.3, 0.4) is 0 Å². The highest BCUT2D eigenvalue weighted by atomic mass is 16.3. The maximum Gasteiger partial charge on any atom is 0.116 e. The van der Waals surface area contributed by atoms with Crippen LogP contribution in [0.15, 0.2) is 36.4 Å². The van der Waals surface area contributed by atoms with Crippen LogP contribution in [0.25, 0.3) is 11.1 Å². The number of phenols is 2. The van der Waals surface area contributed by atoms with E-state index in [-0.39, 0.29) is 11.5 Å². The van der Waals surface area contributed by atoms with E-state index in [1.54, 1.807) is 24.3 Å². The third kappa shape index (κ3) is 10.8. The molecule has 0 spiro atoms. The fraction of sp³-hybridized carbons (Fsp3) is 0.586. The van der Waals surface area contributed by atoms with E-state index in [0.29, 0.717) is 0 Å². The first-order chi connectivity index (χ1) is 14.8.